The molecule has 21 heavy (non-hydrogen) atoms. The number of aromatic nitrogens is 2. The highest BCUT2D eigenvalue weighted by Gasteiger charge is 2.41. The van der Waals surface area contributed by atoms with Gasteiger partial charge in [-0.15, -0.1) is 0 Å². The smallest absolute Gasteiger partial charge is 0.353 e. The first-order valence-corrected chi connectivity index (χ1v) is 7.67. The number of anilines is 2. The molecule has 0 atom stereocenters. The monoisotopic (exact) mass is 291 g/mol. The molecule has 2 aliphatic rings. The number of nitrogens with one attached hydrogen (secondary N) is 2. The Morgan fingerprint density at radius 1 is 1.24 bits per heavy atom. The fourth-order valence-corrected chi connectivity index (χ4v) is 2.96. The molecule has 0 bridgehead atoms. The van der Waals surface area contributed by atoms with Crippen LogP contribution in [0.5, 0.6) is 0 Å². The van der Waals surface area contributed by atoms with E-state index >= 15 is 0 Å². The largest absolute Gasteiger partial charge is 0.364 e. The maximum absolute atomic E-state index is 11.3. The van der Waals surface area contributed by atoms with Crippen LogP contribution in [-0.4, -0.2) is 28.0 Å². The quantitative estimate of drug-likeness (QED) is 0.565. The van der Waals surface area contributed by atoms with Crippen LogP contribution < -0.4 is 10.6 Å². The van der Waals surface area contributed by atoms with Crippen LogP contribution in [0.2, 0.25) is 0 Å². The summed E-state index contributed by atoms with van der Waals surface area (Å²) in [6.45, 7) is 3.25. The van der Waals surface area contributed by atoms with Crippen LogP contribution in [0, 0.1) is 27.9 Å². The van der Waals surface area contributed by atoms with Crippen LogP contribution >= 0.6 is 0 Å². The Bertz CT molecular complexity index is 516. The predicted octanol–water partition coefficient (Wildman–Crippen LogP) is 2.66. The fourth-order valence-electron chi connectivity index (χ4n) is 2.96. The summed E-state index contributed by atoms with van der Waals surface area (Å²) in [5, 5.41) is 17.4. The Morgan fingerprint density at radius 3 is 2.29 bits per heavy atom. The number of hydrogen-bond donors (Lipinski definition) is 2. The molecule has 0 aromatic carbocycles. The zero-order valence-electron chi connectivity index (χ0n) is 12.2. The van der Waals surface area contributed by atoms with Crippen molar-refractivity contribution in [2.45, 2.75) is 32.6 Å². The molecule has 0 unspecified atom stereocenters. The third-order valence-electron chi connectivity index (χ3n) is 4.31. The van der Waals surface area contributed by atoms with E-state index in [2.05, 4.69) is 20.6 Å². The molecule has 0 radical (unpaired) electrons. The molecule has 1 aromatic rings. The van der Waals surface area contributed by atoms with Gasteiger partial charge in [0.05, 0.1) is 4.92 Å². The van der Waals surface area contributed by atoms with Gasteiger partial charge in [0.25, 0.3) is 0 Å². The molecule has 2 saturated carbocycles. The molecular formula is C14H21N5O2. The van der Waals surface area contributed by atoms with Crippen LogP contribution in [0.25, 0.3) is 0 Å². The van der Waals surface area contributed by atoms with E-state index in [4.69, 9.17) is 0 Å². The van der Waals surface area contributed by atoms with Crippen molar-refractivity contribution in [2.75, 3.05) is 23.7 Å². The second-order valence-electron chi connectivity index (χ2n) is 5.93. The first-order valence-electron chi connectivity index (χ1n) is 7.67. The minimum Gasteiger partial charge on any atom is -0.364 e. The molecule has 2 aliphatic carbocycles. The van der Waals surface area contributed by atoms with Crippen LogP contribution in [0.4, 0.5) is 17.3 Å². The molecule has 2 N–H and O–H groups in total. The fraction of sp³-hybridized carbons (Fsp3) is 0.714. The van der Waals surface area contributed by atoms with Gasteiger partial charge in [-0.1, -0.05) is 0 Å². The van der Waals surface area contributed by atoms with Crippen molar-refractivity contribution < 1.29 is 4.92 Å². The number of nitrogens with zero attached hydrogens (tertiary/aromatic N) is 3. The van der Waals surface area contributed by atoms with E-state index in [1.54, 1.807) is 0 Å². The summed E-state index contributed by atoms with van der Waals surface area (Å²) in [7, 11) is 0. The topological polar surface area (TPSA) is 93.0 Å². The van der Waals surface area contributed by atoms with Crippen molar-refractivity contribution >= 4 is 17.3 Å². The van der Waals surface area contributed by atoms with Crippen LogP contribution in [0.15, 0.2) is 6.33 Å². The first kappa shape index (κ1) is 14.0. The predicted molar refractivity (Wildman–Crippen MR) is 80.3 cm³/mol. The van der Waals surface area contributed by atoms with E-state index in [0.29, 0.717) is 18.3 Å². The number of hydrogen-bond acceptors (Lipinski definition) is 6. The van der Waals surface area contributed by atoms with Crippen LogP contribution in [-0.2, 0) is 0 Å². The summed E-state index contributed by atoms with van der Waals surface area (Å²) in [6, 6.07) is 0. The highest BCUT2D eigenvalue weighted by Crippen LogP contribution is 2.49. The molecule has 1 heterocycles. The standard InChI is InChI=1S/C14H21N5O2/c1-2-15-13-12(19(20)21)14(18-8-17-13)16-7-11(9-3-4-9)10-5-6-10/h8-11H,2-7H2,1H3,(H2,15,16,17,18). The van der Waals surface area contributed by atoms with Gasteiger partial charge in [0.1, 0.15) is 6.33 Å². The third kappa shape index (κ3) is 3.22. The maximum atomic E-state index is 11.3. The lowest BCUT2D eigenvalue weighted by molar-refractivity contribution is -0.383. The summed E-state index contributed by atoms with van der Waals surface area (Å²) in [5.41, 5.74) is -0.0512. The average Bonchev–Trinajstić information content (AvgIpc) is 3.33. The SMILES string of the molecule is CCNc1ncnc(NCC(C2CC2)C2CC2)c1[N+](=O)[O-]. The van der Waals surface area contributed by atoms with Crippen molar-refractivity contribution in [1.29, 1.82) is 0 Å². The molecule has 1 aromatic heterocycles. The minimum atomic E-state index is -0.413. The molecular weight excluding hydrogens is 270 g/mol. The van der Waals surface area contributed by atoms with Crippen molar-refractivity contribution in [3.63, 3.8) is 0 Å². The van der Waals surface area contributed by atoms with Crippen molar-refractivity contribution in [3.8, 4) is 0 Å². The summed E-state index contributed by atoms with van der Waals surface area (Å²) in [4.78, 5) is 18.9. The Balaban J connectivity index is 1.74. The first-order chi connectivity index (χ1) is 10.2. The Labute approximate surface area is 123 Å². The van der Waals surface area contributed by atoms with Gasteiger partial charge in [-0.25, -0.2) is 9.97 Å². The summed E-state index contributed by atoms with van der Waals surface area (Å²) in [5.74, 6) is 2.87. The van der Waals surface area contributed by atoms with E-state index in [1.165, 1.54) is 32.0 Å². The zero-order valence-corrected chi connectivity index (χ0v) is 12.2. The van der Waals surface area contributed by atoms with Gasteiger partial charge in [0.15, 0.2) is 0 Å². The van der Waals surface area contributed by atoms with Gasteiger partial charge in [-0.05, 0) is 50.4 Å². The van der Waals surface area contributed by atoms with E-state index in [1.807, 2.05) is 6.92 Å². The van der Waals surface area contributed by atoms with E-state index < -0.39 is 4.92 Å². The average molecular weight is 291 g/mol. The maximum Gasteiger partial charge on any atom is 0.353 e. The molecule has 7 nitrogen and oxygen atoms in total. The lowest BCUT2D eigenvalue weighted by atomic mass is 9.98. The molecule has 0 spiro atoms. The zero-order chi connectivity index (χ0) is 14.8. The second kappa shape index (κ2) is 5.83. The van der Waals surface area contributed by atoms with Gasteiger partial charge in [-0.3, -0.25) is 10.1 Å². The summed E-state index contributed by atoms with van der Waals surface area (Å²) in [6.07, 6.45) is 6.58. The Kier molecular flexibility index (Phi) is 3.90. The highest BCUT2D eigenvalue weighted by molar-refractivity contribution is 5.69. The highest BCUT2D eigenvalue weighted by atomic mass is 16.6. The van der Waals surface area contributed by atoms with Gasteiger partial charge in [-0.2, -0.15) is 0 Å². The van der Waals surface area contributed by atoms with Crippen molar-refractivity contribution in [3.05, 3.63) is 16.4 Å². The second-order valence-corrected chi connectivity index (χ2v) is 5.93. The third-order valence-corrected chi connectivity index (χ3v) is 4.31. The lowest BCUT2D eigenvalue weighted by Gasteiger charge is -2.16. The van der Waals surface area contributed by atoms with Gasteiger partial charge in [0.2, 0.25) is 11.6 Å². The summed E-state index contributed by atoms with van der Waals surface area (Å²) < 4.78 is 0. The van der Waals surface area contributed by atoms with Crippen LogP contribution in [0.1, 0.15) is 32.6 Å². The van der Waals surface area contributed by atoms with E-state index in [-0.39, 0.29) is 11.5 Å². The summed E-state index contributed by atoms with van der Waals surface area (Å²) >= 11 is 0. The molecule has 3 rings (SSSR count). The van der Waals surface area contributed by atoms with Gasteiger partial charge >= 0.3 is 5.69 Å². The number of rotatable bonds is 8. The molecule has 7 heteroatoms. The molecule has 2 fully saturated rings. The van der Waals surface area contributed by atoms with E-state index in [9.17, 15) is 10.1 Å². The van der Waals surface area contributed by atoms with Crippen molar-refractivity contribution in [1.82, 2.24) is 9.97 Å². The van der Waals surface area contributed by atoms with Crippen LogP contribution in [0.3, 0.4) is 0 Å². The number of nitro groups is 1. The minimum absolute atomic E-state index is 0.0512. The molecule has 0 saturated heterocycles. The molecule has 0 aliphatic heterocycles. The van der Waals surface area contributed by atoms with Crippen molar-refractivity contribution in [2.24, 2.45) is 17.8 Å². The Morgan fingerprint density at radius 2 is 1.81 bits per heavy atom. The molecule has 0 amide bonds. The van der Waals surface area contributed by atoms with Gasteiger partial charge in [0, 0.05) is 13.1 Å². The van der Waals surface area contributed by atoms with Gasteiger partial charge < -0.3 is 10.6 Å². The van der Waals surface area contributed by atoms with E-state index in [0.717, 1.165) is 18.4 Å². The normalized spacial score (nSPS) is 17.8. The Hall–Kier alpha value is -1.92. The lowest BCUT2D eigenvalue weighted by Crippen LogP contribution is -2.20. The molecule has 114 valence electrons.